The summed E-state index contributed by atoms with van der Waals surface area (Å²) in [4.78, 5) is 14.1. The number of nitrogens with zero attached hydrogens (tertiary/aromatic N) is 1. The monoisotopic (exact) mass is 349 g/mol. The fraction of sp³-hybridized carbons (Fsp3) is 0.632. The van der Waals surface area contributed by atoms with E-state index in [9.17, 15) is 4.79 Å². The van der Waals surface area contributed by atoms with Gasteiger partial charge in [0.15, 0.2) is 0 Å². The van der Waals surface area contributed by atoms with E-state index in [1.165, 1.54) is 18.4 Å². The summed E-state index contributed by atoms with van der Waals surface area (Å²) in [6.45, 7) is 4.17. The lowest BCUT2D eigenvalue weighted by atomic mass is 10.0. The largest absolute Gasteiger partial charge is 0.491 e. The highest BCUT2D eigenvalue weighted by Crippen LogP contribution is 2.21. The smallest absolute Gasteiger partial charge is 0.221 e. The highest BCUT2D eigenvalue weighted by molar-refractivity contribution is 5.76. The SMILES string of the molecule is COCCOc1cccc(CN2CCCCC2CNC(=O)CCN)c1. The molecule has 1 atom stereocenters. The Labute approximate surface area is 150 Å². The molecule has 1 amide bonds. The van der Waals surface area contributed by atoms with Gasteiger partial charge in [-0.3, -0.25) is 9.69 Å². The summed E-state index contributed by atoms with van der Waals surface area (Å²) in [6.07, 6.45) is 3.94. The van der Waals surface area contributed by atoms with Crippen molar-refractivity contribution in [3.05, 3.63) is 29.8 Å². The van der Waals surface area contributed by atoms with Crippen molar-refractivity contribution >= 4 is 5.91 Å². The number of nitrogens with one attached hydrogen (secondary N) is 1. The quantitative estimate of drug-likeness (QED) is 0.627. The van der Waals surface area contributed by atoms with Crippen LogP contribution in [-0.4, -0.2) is 56.8 Å². The van der Waals surface area contributed by atoms with Crippen molar-refractivity contribution < 1.29 is 14.3 Å². The maximum Gasteiger partial charge on any atom is 0.221 e. The van der Waals surface area contributed by atoms with Crippen LogP contribution >= 0.6 is 0 Å². The average molecular weight is 349 g/mol. The van der Waals surface area contributed by atoms with E-state index in [0.717, 1.165) is 25.3 Å². The van der Waals surface area contributed by atoms with Gasteiger partial charge in [0.2, 0.25) is 5.91 Å². The molecule has 1 saturated heterocycles. The van der Waals surface area contributed by atoms with Gasteiger partial charge in [0.25, 0.3) is 0 Å². The molecule has 2 rings (SSSR count). The Morgan fingerprint density at radius 2 is 2.24 bits per heavy atom. The van der Waals surface area contributed by atoms with E-state index < -0.39 is 0 Å². The third kappa shape index (κ3) is 7.02. The Bertz CT molecular complexity index is 524. The van der Waals surface area contributed by atoms with Gasteiger partial charge in [-0.25, -0.2) is 0 Å². The fourth-order valence-corrected chi connectivity index (χ4v) is 3.16. The predicted octanol–water partition coefficient (Wildman–Crippen LogP) is 1.53. The molecule has 25 heavy (non-hydrogen) atoms. The third-order valence-corrected chi connectivity index (χ3v) is 4.50. The first-order valence-corrected chi connectivity index (χ1v) is 9.14. The lowest BCUT2D eigenvalue weighted by Crippen LogP contribution is -2.46. The van der Waals surface area contributed by atoms with E-state index in [0.29, 0.717) is 38.8 Å². The molecule has 1 aliphatic rings. The molecule has 1 heterocycles. The molecule has 1 aromatic carbocycles. The number of hydrogen-bond acceptors (Lipinski definition) is 5. The van der Waals surface area contributed by atoms with Crippen LogP contribution in [0.25, 0.3) is 0 Å². The normalized spacial score (nSPS) is 18.1. The van der Waals surface area contributed by atoms with Crippen molar-refractivity contribution in [2.45, 2.75) is 38.3 Å². The zero-order chi connectivity index (χ0) is 17.9. The zero-order valence-corrected chi connectivity index (χ0v) is 15.2. The lowest BCUT2D eigenvalue weighted by Gasteiger charge is -2.36. The maximum atomic E-state index is 11.7. The molecule has 0 aliphatic carbocycles. The number of amides is 1. The van der Waals surface area contributed by atoms with E-state index >= 15 is 0 Å². The summed E-state index contributed by atoms with van der Waals surface area (Å²) in [7, 11) is 1.67. The van der Waals surface area contributed by atoms with Gasteiger partial charge in [-0.15, -0.1) is 0 Å². The third-order valence-electron chi connectivity index (χ3n) is 4.50. The van der Waals surface area contributed by atoms with Crippen LogP contribution in [0.2, 0.25) is 0 Å². The molecular formula is C19H31N3O3. The van der Waals surface area contributed by atoms with Crippen LogP contribution in [-0.2, 0) is 16.1 Å². The highest BCUT2D eigenvalue weighted by Gasteiger charge is 2.22. The molecule has 0 saturated carbocycles. The number of nitrogens with two attached hydrogens (primary N) is 1. The number of likely N-dealkylation sites (tertiary alicyclic amines) is 1. The van der Waals surface area contributed by atoms with Crippen molar-refractivity contribution in [3.8, 4) is 5.75 Å². The number of piperidine rings is 1. The van der Waals surface area contributed by atoms with Crippen LogP contribution in [0.5, 0.6) is 5.75 Å². The van der Waals surface area contributed by atoms with Crippen LogP contribution in [0.4, 0.5) is 0 Å². The van der Waals surface area contributed by atoms with Gasteiger partial charge in [-0.2, -0.15) is 0 Å². The summed E-state index contributed by atoms with van der Waals surface area (Å²) in [5.41, 5.74) is 6.67. The van der Waals surface area contributed by atoms with Crippen LogP contribution in [0, 0.1) is 0 Å². The number of benzene rings is 1. The molecule has 6 heteroatoms. The molecular weight excluding hydrogens is 318 g/mol. The molecule has 140 valence electrons. The predicted molar refractivity (Wildman–Crippen MR) is 98.5 cm³/mol. The first-order chi connectivity index (χ1) is 12.2. The molecule has 1 fully saturated rings. The average Bonchev–Trinajstić information content (AvgIpc) is 2.62. The summed E-state index contributed by atoms with van der Waals surface area (Å²) in [5.74, 6) is 0.918. The molecule has 1 aliphatic heterocycles. The number of carbonyl (C=O) groups is 1. The molecule has 0 radical (unpaired) electrons. The molecule has 1 aromatic rings. The summed E-state index contributed by atoms with van der Waals surface area (Å²) in [6, 6.07) is 8.60. The topological polar surface area (TPSA) is 76.8 Å². The Kier molecular flexibility index (Phi) is 8.72. The minimum Gasteiger partial charge on any atom is -0.491 e. The Hall–Kier alpha value is -1.63. The highest BCUT2D eigenvalue weighted by atomic mass is 16.5. The summed E-state index contributed by atoms with van der Waals surface area (Å²) >= 11 is 0. The minimum atomic E-state index is 0.0431. The second kappa shape index (κ2) is 11.1. The Morgan fingerprint density at radius 1 is 1.36 bits per heavy atom. The van der Waals surface area contributed by atoms with Gasteiger partial charge in [0, 0.05) is 39.2 Å². The van der Waals surface area contributed by atoms with Gasteiger partial charge < -0.3 is 20.5 Å². The van der Waals surface area contributed by atoms with Crippen molar-refractivity contribution in [2.75, 3.05) is 40.0 Å². The second-order valence-corrected chi connectivity index (χ2v) is 6.45. The van der Waals surface area contributed by atoms with E-state index in [2.05, 4.69) is 22.3 Å². The molecule has 0 aromatic heterocycles. The van der Waals surface area contributed by atoms with Crippen molar-refractivity contribution in [1.82, 2.24) is 10.2 Å². The zero-order valence-electron chi connectivity index (χ0n) is 15.2. The van der Waals surface area contributed by atoms with E-state index in [4.69, 9.17) is 15.2 Å². The molecule has 3 N–H and O–H groups in total. The van der Waals surface area contributed by atoms with Crippen LogP contribution in [0.3, 0.4) is 0 Å². The number of carbonyl (C=O) groups excluding carboxylic acids is 1. The number of methoxy groups -OCH3 is 1. The fourth-order valence-electron chi connectivity index (χ4n) is 3.16. The standard InChI is InChI=1S/C19H31N3O3/c1-24-11-12-25-18-7-4-5-16(13-18)15-22-10-3-2-6-17(22)14-21-19(23)8-9-20/h4-5,7,13,17H,2-3,6,8-12,14-15,20H2,1H3,(H,21,23). The lowest BCUT2D eigenvalue weighted by molar-refractivity contribution is -0.121. The summed E-state index contributed by atoms with van der Waals surface area (Å²) in [5, 5.41) is 3.02. The van der Waals surface area contributed by atoms with Gasteiger partial charge in [0.1, 0.15) is 12.4 Å². The first kappa shape index (κ1) is 19.7. The van der Waals surface area contributed by atoms with E-state index in [-0.39, 0.29) is 5.91 Å². The van der Waals surface area contributed by atoms with Crippen molar-refractivity contribution in [2.24, 2.45) is 5.73 Å². The number of hydrogen-bond donors (Lipinski definition) is 2. The molecule has 6 nitrogen and oxygen atoms in total. The number of ether oxygens (including phenoxy) is 2. The van der Waals surface area contributed by atoms with Gasteiger partial charge >= 0.3 is 0 Å². The maximum absolute atomic E-state index is 11.7. The first-order valence-electron chi connectivity index (χ1n) is 9.14. The Balaban J connectivity index is 1.89. The van der Waals surface area contributed by atoms with Crippen LogP contribution in [0.15, 0.2) is 24.3 Å². The minimum absolute atomic E-state index is 0.0431. The van der Waals surface area contributed by atoms with Gasteiger partial charge in [-0.1, -0.05) is 18.6 Å². The van der Waals surface area contributed by atoms with Crippen LogP contribution < -0.4 is 15.8 Å². The molecule has 0 spiro atoms. The molecule has 0 bridgehead atoms. The second-order valence-electron chi connectivity index (χ2n) is 6.45. The van der Waals surface area contributed by atoms with Crippen molar-refractivity contribution in [3.63, 3.8) is 0 Å². The van der Waals surface area contributed by atoms with Crippen LogP contribution in [0.1, 0.15) is 31.2 Å². The summed E-state index contributed by atoms with van der Waals surface area (Å²) < 4.78 is 10.7. The van der Waals surface area contributed by atoms with E-state index in [1.807, 2.05) is 12.1 Å². The van der Waals surface area contributed by atoms with Gasteiger partial charge in [-0.05, 0) is 37.1 Å². The Morgan fingerprint density at radius 3 is 3.04 bits per heavy atom. The van der Waals surface area contributed by atoms with E-state index in [1.54, 1.807) is 7.11 Å². The van der Waals surface area contributed by atoms with Gasteiger partial charge in [0.05, 0.1) is 6.61 Å². The number of rotatable bonds is 10. The molecule has 1 unspecified atom stereocenters. The van der Waals surface area contributed by atoms with Crippen molar-refractivity contribution in [1.29, 1.82) is 0 Å².